The van der Waals surface area contributed by atoms with Crippen LogP contribution in [-0.4, -0.2) is 23.7 Å². The summed E-state index contributed by atoms with van der Waals surface area (Å²) >= 11 is 0. The molecule has 0 saturated carbocycles. The number of carbonyl (C=O) groups excluding carboxylic acids is 1. The number of hydrazone groups is 1. The summed E-state index contributed by atoms with van der Waals surface area (Å²) < 4.78 is 5.74. The molecule has 4 aromatic rings. The Kier molecular flexibility index (Phi) is 5.20. The maximum atomic E-state index is 12.7. The Labute approximate surface area is 169 Å². The normalized spacial score (nSPS) is 11.2. The Morgan fingerprint density at radius 3 is 2.66 bits per heavy atom. The van der Waals surface area contributed by atoms with E-state index in [1.807, 2.05) is 80.6 Å². The summed E-state index contributed by atoms with van der Waals surface area (Å²) in [6, 6.07) is 21.5. The van der Waals surface area contributed by atoms with E-state index in [2.05, 4.69) is 15.5 Å². The van der Waals surface area contributed by atoms with Crippen LogP contribution in [-0.2, 0) is 0 Å². The Morgan fingerprint density at radius 2 is 1.83 bits per heavy atom. The second-order valence-corrected chi connectivity index (χ2v) is 6.64. The quantitative estimate of drug-likeness (QED) is 0.395. The molecule has 0 bridgehead atoms. The Bertz CT molecular complexity index is 1230. The van der Waals surface area contributed by atoms with Gasteiger partial charge in [0.05, 0.1) is 29.6 Å². The van der Waals surface area contributed by atoms with Gasteiger partial charge in [0.2, 0.25) is 0 Å². The van der Waals surface area contributed by atoms with Crippen molar-refractivity contribution in [3.05, 3.63) is 83.6 Å². The Balaban J connectivity index is 1.63. The van der Waals surface area contributed by atoms with Crippen LogP contribution in [0.1, 0.15) is 28.5 Å². The van der Waals surface area contributed by atoms with Gasteiger partial charge in [-0.3, -0.25) is 9.78 Å². The van der Waals surface area contributed by atoms with Crippen LogP contribution in [0.4, 0.5) is 0 Å². The molecule has 0 saturated heterocycles. The van der Waals surface area contributed by atoms with E-state index in [0.29, 0.717) is 17.9 Å². The van der Waals surface area contributed by atoms with E-state index in [0.717, 1.165) is 33.0 Å². The molecule has 0 fully saturated rings. The van der Waals surface area contributed by atoms with Gasteiger partial charge in [0.25, 0.3) is 5.91 Å². The van der Waals surface area contributed by atoms with Crippen molar-refractivity contribution < 1.29 is 9.53 Å². The molecule has 1 aromatic heterocycles. The fourth-order valence-corrected chi connectivity index (χ4v) is 3.35. The van der Waals surface area contributed by atoms with Crippen molar-refractivity contribution in [1.29, 1.82) is 0 Å². The Hall–Kier alpha value is -3.73. The lowest BCUT2D eigenvalue weighted by Crippen LogP contribution is -2.19. The molecule has 0 aliphatic heterocycles. The topological polar surface area (TPSA) is 63.6 Å². The van der Waals surface area contributed by atoms with Crippen molar-refractivity contribution in [3.8, 4) is 5.75 Å². The van der Waals surface area contributed by atoms with Crippen LogP contribution in [0.15, 0.2) is 71.8 Å². The molecule has 1 N–H and O–H groups in total. The third-order valence-electron chi connectivity index (χ3n) is 4.75. The molecule has 0 atom stereocenters. The molecule has 5 heteroatoms. The van der Waals surface area contributed by atoms with E-state index in [9.17, 15) is 4.79 Å². The molecule has 3 aromatic carbocycles. The average Bonchev–Trinajstić information content (AvgIpc) is 2.74. The van der Waals surface area contributed by atoms with E-state index in [-0.39, 0.29) is 5.91 Å². The molecule has 29 heavy (non-hydrogen) atoms. The lowest BCUT2D eigenvalue weighted by atomic mass is 10.0. The van der Waals surface area contributed by atoms with Crippen molar-refractivity contribution in [1.82, 2.24) is 10.4 Å². The van der Waals surface area contributed by atoms with Crippen LogP contribution < -0.4 is 10.2 Å². The lowest BCUT2D eigenvalue weighted by Gasteiger charge is -2.10. The van der Waals surface area contributed by atoms with Crippen LogP contribution in [0, 0.1) is 6.92 Å². The maximum absolute atomic E-state index is 12.7. The number of amides is 1. The molecule has 144 valence electrons. The summed E-state index contributed by atoms with van der Waals surface area (Å²) in [4.78, 5) is 17.2. The van der Waals surface area contributed by atoms with E-state index in [4.69, 9.17) is 4.74 Å². The van der Waals surface area contributed by atoms with Crippen molar-refractivity contribution in [2.75, 3.05) is 6.61 Å². The van der Waals surface area contributed by atoms with E-state index in [1.54, 1.807) is 6.21 Å². The van der Waals surface area contributed by atoms with Crippen LogP contribution in [0.5, 0.6) is 5.75 Å². The zero-order valence-corrected chi connectivity index (χ0v) is 16.3. The van der Waals surface area contributed by atoms with Crippen molar-refractivity contribution >= 4 is 33.8 Å². The summed E-state index contributed by atoms with van der Waals surface area (Å²) in [5.74, 6) is 0.433. The van der Waals surface area contributed by atoms with Gasteiger partial charge in [0.15, 0.2) is 0 Å². The smallest absolute Gasteiger partial charge is 0.273 e. The number of benzene rings is 3. The minimum Gasteiger partial charge on any atom is -0.493 e. The molecule has 0 aliphatic carbocycles. The highest BCUT2D eigenvalue weighted by Gasteiger charge is 2.11. The number of nitrogens with one attached hydrogen (secondary N) is 1. The van der Waals surface area contributed by atoms with Crippen LogP contribution >= 0.6 is 0 Å². The van der Waals surface area contributed by atoms with Crippen LogP contribution in [0.3, 0.4) is 0 Å². The zero-order valence-electron chi connectivity index (χ0n) is 16.3. The van der Waals surface area contributed by atoms with E-state index in [1.165, 1.54) is 0 Å². The number of para-hydroxylation sites is 1. The van der Waals surface area contributed by atoms with Gasteiger partial charge >= 0.3 is 0 Å². The number of ether oxygens (including phenoxy) is 1. The van der Waals surface area contributed by atoms with Gasteiger partial charge in [-0.15, -0.1) is 0 Å². The standard InChI is InChI=1S/C24H21N3O2/c1-3-29-23-13-12-17-8-4-6-10-19(17)21(23)15-25-27-24(28)20-14-18-9-5-7-11-22(18)26-16(20)2/h4-15H,3H2,1-2H3,(H,27,28)/b25-15-. The first kappa shape index (κ1) is 18.6. The van der Waals surface area contributed by atoms with E-state index >= 15 is 0 Å². The predicted octanol–water partition coefficient (Wildman–Crippen LogP) is 4.86. The van der Waals surface area contributed by atoms with Crippen LogP contribution in [0.25, 0.3) is 21.7 Å². The fraction of sp³-hybridized carbons (Fsp3) is 0.125. The molecular weight excluding hydrogens is 362 g/mol. The number of carbonyl (C=O) groups is 1. The summed E-state index contributed by atoms with van der Waals surface area (Å²) in [6.45, 7) is 4.31. The molecule has 0 spiro atoms. The third kappa shape index (κ3) is 3.80. The molecular formula is C24H21N3O2. The first-order chi connectivity index (χ1) is 14.2. The van der Waals surface area contributed by atoms with Crippen LogP contribution in [0.2, 0.25) is 0 Å². The number of aryl methyl sites for hydroxylation is 1. The molecule has 4 rings (SSSR count). The second-order valence-electron chi connectivity index (χ2n) is 6.64. The Morgan fingerprint density at radius 1 is 1.07 bits per heavy atom. The summed E-state index contributed by atoms with van der Waals surface area (Å²) in [6.07, 6.45) is 1.63. The van der Waals surface area contributed by atoms with Gasteiger partial charge in [-0.05, 0) is 42.8 Å². The largest absolute Gasteiger partial charge is 0.493 e. The lowest BCUT2D eigenvalue weighted by molar-refractivity contribution is 0.0954. The SMILES string of the molecule is CCOc1ccc2ccccc2c1/C=N\NC(=O)c1cc2ccccc2nc1C. The van der Waals surface area contributed by atoms with Gasteiger partial charge in [-0.2, -0.15) is 5.10 Å². The molecule has 0 unspecified atom stereocenters. The van der Waals surface area contributed by atoms with Gasteiger partial charge < -0.3 is 4.74 Å². The van der Waals surface area contributed by atoms with E-state index < -0.39 is 0 Å². The van der Waals surface area contributed by atoms with Gasteiger partial charge in [0, 0.05) is 10.9 Å². The minimum atomic E-state index is -0.296. The predicted molar refractivity (Wildman–Crippen MR) is 117 cm³/mol. The first-order valence-corrected chi connectivity index (χ1v) is 9.51. The van der Waals surface area contributed by atoms with Gasteiger partial charge in [-0.1, -0.05) is 48.5 Å². The number of nitrogens with zero attached hydrogens (tertiary/aromatic N) is 2. The molecule has 0 aliphatic rings. The average molecular weight is 383 g/mol. The maximum Gasteiger partial charge on any atom is 0.273 e. The number of rotatable bonds is 5. The van der Waals surface area contributed by atoms with Crippen molar-refractivity contribution in [2.24, 2.45) is 5.10 Å². The molecule has 0 radical (unpaired) electrons. The van der Waals surface area contributed by atoms with Gasteiger partial charge in [0.1, 0.15) is 5.75 Å². The molecule has 1 heterocycles. The zero-order chi connectivity index (χ0) is 20.2. The highest BCUT2D eigenvalue weighted by molar-refractivity contribution is 6.03. The molecule has 1 amide bonds. The van der Waals surface area contributed by atoms with Gasteiger partial charge in [-0.25, -0.2) is 5.43 Å². The number of fused-ring (bicyclic) bond motifs is 2. The van der Waals surface area contributed by atoms with Crippen molar-refractivity contribution in [2.45, 2.75) is 13.8 Å². The minimum absolute atomic E-state index is 0.296. The number of hydrogen-bond acceptors (Lipinski definition) is 4. The number of pyridine rings is 1. The summed E-state index contributed by atoms with van der Waals surface area (Å²) in [5.41, 5.74) is 5.48. The first-order valence-electron chi connectivity index (χ1n) is 9.51. The fourth-order valence-electron chi connectivity index (χ4n) is 3.35. The highest BCUT2D eigenvalue weighted by atomic mass is 16.5. The third-order valence-corrected chi connectivity index (χ3v) is 4.75. The highest BCUT2D eigenvalue weighted by Crippen LogP contribution is 2.26. The number of hydrogen-bond donors (Lipinski definition) is 1. The second kappa shape index (κ2) is 8.10. The number of aromatic nitrogens is 1. The summed E-state index contributed by atoms with van der Waals surface area (Å²) in [5, 5.41) is 7.21. The molecule has 5 nitrogen and oxygen atoms in total. The monoisotopic (exact) mass is 383 g/mol. The summed E-state index contributed by atoms with van der Waals surface area (Å²) in [7, 11) is 0. The van der Waals surface area contributed by atoms with Crippen molar-refractivity contribution in [3.63, 3.8) is 0 Å².